The van der Waals surface area contributed by atoms with Crippen LogP contribution in [0.3, 0.4) is 0 Å². The number of benzene rings is 2. The van der Waals surface area contributed by atoms with Crippen LogP contribution in [0.2, 0.25) is 0 Å². The lowest BCUT2D eigenvalue weighted by Crippen LogP contribution is -2.39. The van der Waals surface area contributed by atoms with Crippen molar-refractivity contribution in [3.05, 3.63) is 42.0 Å². The van der Waals surface area contributed by atoms with Crippen LogP contribution in [0.4, 0.5) is 0 Å². The van der Waals surface area contributed by atoms with Crippen molar-refractivity contribution in [3.8, 4) is 5.75 Å². The van der Waals surface area contributed by atoms with Crippen LogP contribution in [0, 0.1) is 5.92 Å². The van der Waals surface area contributed by atoms with Gasteiger partial charge in [-0.25, -0.2) is 0 Å². The molecule has 0 radical (unpaired) electrons. The first-order valence-corrected chi connectivity index (χ1v) is 7.50. The average molecular weight is 287 g/mol. The Balaban J connectivity index is 2.26. The zero-order chi connectivity index (χ0) is 15.4. The van der Waals surface area contributed by atoms with E-state index >= 15 is 0 Å². The Hall–Kier alpha value is -1.58. The summed E-state index contributed by atoms with van der Waals surface area (Å²) in [6, 6.07) is 12.3. The van der Waals surface area contributed by atoms with Crippen molar-refractivity contribution in [2.75, 3.05) is 13.7 Å². The highest BCUT2D eigenvalue weighted by molar-refractivity contribution is 5.89. The van der Waals surface area contributed by atoms with Crippen molar-refractivity contribution in [1.82, 2.24) is 5.32 Å². The Bertz CT molecular complexity index is 595. The minimum absolute atomic E-state index is 0.0668. The minimum atomic E-state index is 0.0668. The molecular formula is C18H25NO2. The summed E-state index contributed by atoms with van der Waals surface area (Å²) in [6.45, 7) is 7.08. The number of hydrogen-bond donors (Lipinski definition) is 2. The summed E-state index contributed by atoms with van der Waals surface area (Å²) in [5.74, 6) is 0.836. The van der Waals surface area contributed by atoms with Gasteiger partial charge in [0.2, 0.25) is 0 Å². The molecule has 21 heavy (non-hydrogen) atoms. The van der Waals surface area contributed by atoms with Gasteiger partial charge >= 0.3 is 0 Å². The van der Waals surface area contributed by atoms with E-state index in [0.29, 0.717) is 18.3 Å². The predicted molar refractivity (Wildman–Crippen MR) is 87.7 cm³/mol. The fraction of sp³-hybridized carbons (Fsp3) is 0.444. The number of nitrogens with one attached hydrogen (secondary N) is 1. The van der Waals surface area contributed by atoms with Gasteiger partial charge in [-0.05, 0) is 18.2 Å². The van der Waals surface area contributed by atoms with Crippen LogP contribution in [0.15, 0.2) is 36.4 Å². The van der Waals surface area contributed by atoms with E-state index in [0.717, 1.165) is 16.3 Å². The minimum Gasteiger partial charge on any atom is -0.507 e. The number of ether oxygens (including phenoxy) is 1. The molecule has 3 heteroatoms. The summed E-state index contributed by atoms with van der Waals surface area (Å²) in [7, 11) is 1.72. The SMILES string of the molecule is COCC(NC(C)c1ccc2ccccc2c1O)C(C)C. The zero-order valence-corrected chi connectivity index (χ0v) is 13.3. The molecule has 0 bridgehead atoms. The van der Waals surface area contributed by atoms with Gasteiger partial charge < -0.3 is 15.2 Å². The highest BCUT2D eigenvalue weighted by atomic mass is 16.5. The molecule has 0 heterocycles. The maximum atomic E-state index is 10.5. The molecule has 0 saturated heterocycles. The largest absolute Gasteiger partial charge is 0.507 e. The summed E-state index contributed by atoms with van der Waals surface area (Å²) >= 11 is 0. The van der Waals surface area contributed by atoms with Crippen LogP contribution >= 0.6 is 0 Å². The third-order valence-corrected chi connectivity index (χ3v) is 4.01. The van der Waals surface area contributed by atoms with Gasteiger partial charge in [-0.2, -0.15) is 0 Å². The molecule has 2 N–H and O–H groups in total. The molecule has 2 unspecified atom stereocenters. The van der Waals surface area contributed by atoms with E-state index in [1.807, 2.05) is 30.3 Å². The number of methoxy groups -OCH3 is 1. The van der Waals surface area contributed by atoms with Crippen molar-refractivity contribution < 1.29 is 9.84 Å². The Kier molecular flexibility index (Phi) is 5.21. The summed E-state index contributed by atoms with van der Waals surface area (Å²) in [5, 5.41) is 16.0. The molecule has 2 atom stereocenters. The standard InChI is InChI=1S/C18H25NO2/c1-12(2)17(11-21-4)19-13(3)15-10-9-14-7-5-6-8-16(14)18(15)20/h5-10,12-13,17,19-20H,11H2,1-4H3. The molecule has 2 rings (SSSR count). The fourth-order valence-corrected chi connectivity index (χ4v) is 2.64. The van der Waals surface area contributed by atoms with Gasteiger partial charge in [0.25, 0.3) is 0 Å². The normalized spacial score (nSPS) is 14.5. The number of aromatic hydroxyl groups is 1. The quantitative estimate of drug-likeness (QED) is 0.847. The fourth-order valence-electron chi connectivity index (χ4n) is 2.64. The van der Waals surface area contributed by atoms with Gasteiger partial charge in [0.1, 0.15) is 5.75 Å². The number of fused-ring (bicyclic) bond motifs is 1. The second kappa shape index (κ2) is 6.92. The number of phenols is 1. The van der Waals surface area contributed by atoms with Crippen LogP contribution in [0.5, 0.6) is 5.75 Å². The molecule has 2 aromatic carbocycles. The van der Waals surface area contributed by atoms with Crippen LogP contribution in [0.1, 0.15) is 32.4 Å². The topological polar surface area (TPSA) is 41.5 Å². The van der Waals surface area contributed by atoms with Crippen LogP contribution in [0.25, 0.3) is 10.8 Å². The van der Waals surface area contributed by atoms with Crippen molar-refractivity contribution >= 4 is 10.8 Å². The molecule has 0 aliphatic rings. The lowest BCUT2D eigenvalue weighted by molar-refractivity contribution is 0.141. The lowest BCUT2D eigenvalue weighted by Gasteiger charge is -2.26. The van der Waals surface area contributed by atoms with Crippen LogP contribution < -0.4 is 5.32 Å². The van der Waals surface area contributed by atoms with E-state index in [9.17, 15) is 5.11 Å². The van der Waals surface area contributed by atoms with Crippen molar-refractivity contribution in [3.63, 3.8) is 0 Å². The highest BCUT2D eigenvalue weighted by Crippen LogP contribution is 2.32. The van der Waals surface area contributed by atoms with E-state index in [1.54, 1.807) is 7.11 Å². The molecular weight excluding hydrogens is 262 g/mol. The van der Waals surface area contributed by atoms with Gasteiger partial charge in [0.05, 0.1) is 6.61 Å². The number of rotatable bonds is 6. The second-order valence-electron chi connectivity index (χ2n) is 5.92. The number of hydrogen-bond acceptors (Lipinski definition) is 3. The van der Waals surface area contributed by atoms with E-state index in [2.05, 4.69) is 32.2 Å². The number of phenolic OH excluding ortho intramolecular Hbond substituents is 1. The second-order valence-corrected chi connectivity index (χ2v) is 5.92. The summed E-state index contributed by atoms with van der Waals surface area (Å²) in [6.07, 6.45) is 0. The predicted octanol–water partition coefficient (Wildman–Crippen LogP) is 3.87. The molecule has 0 aromatic heterocycles. The van der Waals surface area contributed by atoms with E-state index in [-0.39, 0.29) is 12.1 Å². The third kappa shape index (κ3) is 3.55. The van der Waals surface area contributed by atoms with Crippen LogP contribution in [-0.4, -0.2) is 24.9 Å². The average Bonchev–Trinajstić information content (AvgIpc) is 2.47. The Morgan fingerprint density at radius 1 is 1.10 bits per heavy atom. The van der Waals surface area contributed by atoms with Crippen molar-refractivity contribution in [1.29, 1.82) is 0 Å². The maximum Gasteiger partial charge on any atom is 0.128 e. The van der Waals surface area contributed by atoms with Crippen LogP contribution in [-0.2, 0) is 4.74 Å². The Morgan fingerprint density at radius 3 is 2.48 bits per heavy atom. The first kappa shape index (κ1) is 15.8. The first-order chi connectivity index (χ1) is 10.0. The van der Waals surface area contributed by atoms with Gasteiger partial charge in [-0.15, -0.1) is 0 Å². The monoisotopic (exact) mass is 287 g/mol. The molecule has 0 amide bonds. The Morgan fingerprint density at radius 2 is 1.81 bits per heavy atom. The molecule has 0 aliphatic heterocycles. The molecule has 114 valence electrons. The zero-order valence-electron chi connectivity index (χ0n) is 13.3. The highest BCUT2D eigenvalue weighted by Gasteiger charge is 2.19. The lowest BCUT2D eigenvalue weighted by atomic mass is 9.98. The molecule has 0 aliphatic carbocycles. The van der Waals surface area contributed by atoms with Gasteiger partial charge in [-0.1, -0.05) is 50.2 Å². The van der Waals surface area contributed by atoms with E-state index < -0.39 is 0 Å². The smallest absolute Gasteiger partial charge is 0.128 e. The molecule has 0 spiro atoms. The van der Waals surface area contributed by atoms with Gasteiger partial charge in [0.15, 0.2) is 0 Å². The first-order valence-electron chi connectivity index (χ1n) is 7.50. The molecule has 0 fully saturated rings. The van der Waals surface area contributed by atoms with Gasteiger partial charge in [0, 0.05) is 30.1 Å². The molecule has 2 aromatic rings. The third-order valence-electron chi connectivity index (χ3n) is 4.01. The Labute approximate surface area is 126 Å². The van der Waals surface area contributed by atoms with E-state index in [4.69, 9.17) is 4.74 Å². The summed E-state index contributed by atoms with van der Waals surface area (Å²) < 4.78 is 5.28. The molecule has 3 nitrogen and oxygen atoms in total. The van der Waals surface area contributed by atoms with Gasteiger partial charge in [-0.3, -0.25) is 0 Å². The van der Waals surface area contributed by atoms with Crippen molar-refractivity contribution in [2.24, 2.45) is 5.92 Å². The summed E-state index contributed by atoms with van der Waals surface area (Å²) in [5.41, 5.74) is 0.926. The maximum absolute atomic E-state index is 10.5. The van der Waals surface area contributed by atoms with Crippen molar-refractivity contribution in [2.45, 2.75) is 32.9 Å². The van der Waals surface area contributed by atoms with E-state index in [1.165, 1.54) is 0 Å². The summed E-state index contributed by atoms with van der Waals surface area (Å²) in [4.78, 5) is 0. The molecule has 0 saturated carbocycles.